The fraction of sp³-hybridized carbons (Fsp3) is 0.944. The van der Waals surface area contributed by atoms with Crippen molar-refractivity contribution < 1.29 is 4.79 Å². The molecule has 2 amide bonds. The number of nitrogens with one attached hydrogen (secondary N) is 3. The van der Waals surface area contributed by atoms with Gasteiger partial charge in [0.05, 0.1) is 5.37 Å². The van der Waals surface area contributed by atoms with E-state index in [9.17, 15) is 4.79 Å². The van der Waals surface area contributed by atoms with Crippen molar-refractivity contribution in [3.05, 3.63) is 0 Å². The molecule has 0 aromatic carbocycles. The van der Waals surface area contributed by atoms with Crippen LogP contribution in [0.25, 0.3) is 0 Å². The summed E-state index contributed by atoms with van der Waals surface area (Å²) < 4.78 is 0. The molecule has 6 heteroatoms. The van der Waals surface area contributed by atoms with E-state index in [0.29, 0.717) is 12.0 Å². The monoisotopic (exact) mass is 357 g/mol. The molecule has 0 bridgehead atoms. The molecule has 0 radical (unpaired) electrons. The van der Waals surface area contributed by atoms with Gasteiger partial charge in [-0.2, -0.15) is 12.6 Å². The molecular formula is C18H40BN3OS. The van der Waals surface area contributed by atoms with Crippen LogP contribution in [0.15, 0.2) is 0 Å². The van der Waals surface area contributed by atoms with E-state index < -0.39 is 0 Å². The zero-order valence-electron chi connectivity index (χ0n) is 16.9. The third kappa shape index (κ3) is 12.1. The highest BCUT2D eigenvalue weighted by atomic mass is 32.1. The third-order valence-corrected chi connectivity index (χ3v) is 4.96. The molecule has 0 saturated heterocycles. The molecule has 0 aromatic heterocycles. The highest BCUT2D eigenvalue weighted by Crippen LogP contribution is 2.11. The van der Waals surface area contributed by atoms with Crippen molar-refractivity contribution in [3.63, 3.8) is 0 Å². The van der Waals surface area contributed by atoms with Gasteiger partial charge < -0.3 is 16.0 Å². The van der Waals surface area contributed by atoms with Crippen LogP contribution in [0.3, 0.4) is 0 Å². The van der Waals surface area contributed by atoms with Crippen molar-refractivity contribution in [3.8, 4) is 0 Å². The first-order chi connectivity index (χ1) is 11.1. The van der Waals surface area contributed by atoms with Crippen LogP contribution in [-0.4, -0.2) is 36.2 Å². The average Bonchev–Trinajstić information content (AvgIpc) is 2.44. The van der Waals surface area contributed by atoms with E-state index in [4.69, 9.17) is 0 Å². The zero-order chi connectivity index (χ0) is 18.8. The quantitative estimate of drug-likeness (QED) is 0.186. The lowest BCUT2D eigenvalue weighted by molar-refractivity contribution is 0.234. The van der Waals surface area contributed by atoms with Crippen LogP contribution in [-0.2, 0) is 0 Å². The molecule has 4 nitrogen and oxygen atoms in total. The topological polar surface area (TPSA) is 53.2 Å². The van der Waals surface area contributed by atoms with Gasteiger partial charge in [-0.1, -0.05) is 53.9 Å². The van der Waals surface area contributed by atoms with Crippen molar-refractivity contribution in [2.24, 2.45) is 5.92 Å². The van der Waals surface area contributed by atoms with Crippen LogP contribution in [0.1, 0.15) is 74.1 Å². The standard InChI is InChI=1S/C18H40BN3OS/c1-8-9-10-11-14(4)22-18(6,7)19-12-16(24)21-17(23)20-15(5)13(2)3/h13-16,19,22,24H,8-12H2,1-7H3,(H2,20,21,23). The number of thiol groups is 1. The summed E-state index contributed by atoms with van der Waals surface area (Å²) in [4.78, 5) is 11.9. The molecule has 0 fully saturated rings. The lowest BCUT2D eigenvalue weighted by atomic mass is 9.57. The molecule has 0 aliphatic heterocycles. The second-order valence-corrected chi connectivity index (χ2v) is 8.75. The third-order valence-electron chi connectivity index (χ3n) is 4.58. The first-order valence-corrected chi connectivity index (χ1v) is 10.1. The molecule has 0 heterocycles. The first-order valence-electron chi connectivity index (χ1n) is 9.60. The van der Waals surface area contributed by atoms with Gasteiger partial charge in [0.25, 0.3) is 0 Å². The van der Waals surface area contributed by atoms with Crippen LogP contribution >= 0.6 is 12.6 Å². The predicted molar refractivity (Wildman–Crippen MR) is 112 cm³/mol. The van der Waals surface area contributed by atoms with Crippen molar-refractivity contribution in [2.75, 3.05) is 0 Å². The lowest BCUT2D eigenvalue weighted by Crippen LogP contribution is -2.51. The minimum absolute atomic E-state index is 0.0516. The summed E-state index contributed by atoms with van der Waals surface area (Å²) >= 11 is 4.52. The molecule has 3 unspecified atom stereocenters. The van der Waals surface area contributed by atoms with Gasteiger partial charge in [0.2, 0.25) is 0 Å². The summed E-state index contributed by atoms with van der Waals surface area (Å²) in [6.07, 6.45) is 5.91. The van der Waals surface area contributed by atoms with E-state index in [1.54, 1.807) is 0 Å². The maximum absolute atomic E-state index is 11.9. The number of urea groups is 1. The number of carbonyl (C=O) groups excluding carboxylic acids is 1. The van der Waals surface area contributed by atoms with Gasteiger partial charge in [0, 0.05) is 12.1 Å². The van der Waals surface area contributed by atoms with Gasteiger partial charge in [-0.25, -0.2) is 4.79 Å². The highest BCUT2D eigenvalue weighted by molar-refractivity contribution is 7.81. The summed E-state index contributed by atoms with van der Waals surface area (Å²) in [5, 5.41) is 9.46. The van der Waals surface area contributed by atoms with E-state index in [1.165, 1.54) is 25.7 Å². The van der Waals surface area contributed by atoms with Gasteiger partial charge in [0.1, 0.15) is 7.28 Å². The normalized spacial score (nSPS) is 15.7. The Morgan fingerprint density at radius 1 is 1.12 bits per heavy atom. The maximum atomic E-state index is 11.9. The average molecular weight is 357 g/mol. The molecule has 0 aromatic rings. The van der Waals surface area contributed by atoms with Crippen molar-refractivity contribution >= 4 is 25.9 Å². The Balaban J connectivity index is 4.09. The smallest absolute Gasteiger partial charge is 0.315 e. The maximum Gasteiger partial charge on any atom is 0.315 e. The lowest BCUT2D eigenvalue weighted by Gasteiger charge is -2.31. The van der Waals surface area contributed by atoms with Crippen LogP contribution in [0.4, 0.5) is 4.79 Å². The van der Waals surface area contributed by atoms with Gasteiger partial charge >= 0.3 is 6.03 Å². The summed E-state index contributed by atoms with van der Waals surface area (Å²) in [5.74, 6) is 0.423. The molecule has 0 aliphatic rings. The first kappa shape index (κ1) is 23.6. The number of carbonyl (C=O) groups is 1. The fourth-order valence-electron chi connectivity index (χ4n) is 2.65. The minimum Gasteiger partial charge on any atom is -0.335 e. The van der Waals surface area contributed by atoms with E-state index in [0.717, 1.165) is 13.6 Å². The number of amides is 2. The molecule has 3 N–H and O–H groups in total. The van der Waals surface area contributed by atoms with E-state index in [2.05, 4.69) is 70.1 Å². The van der Waals surface area contributed by atoms with Gasteiger partial charge in [0.15, 0.2) is 0 Å². The summed E-state index contributed by atoms with van der Waals surface area (Å²) in [7, 11) is 0.972. The Hall–Kier alpha value is -0.355. The largest absolute Gasteiger partial charge is 0.335 e. The van der Waals surface area contributed by atoms with Crippen molar-refractivity contribution in [1.29, 1.82) is 0 Å². The Morgan fingerprint density at radius 2 is 1.75 bits per heavy atom. The van der Waals surface area contributed by atoms with Gasteiger partial charge in [-0.05, 0) is 37.9 Å². The Bertz CT molecular complexity index is 353. The molecule has 24 heavy (non-hydrogen) atoms. The van der Waals surface area contributed by atoms with Gasteiger partial charge in [-0.15, -0.1) is 0 Å². The van der Waals surface area contributed by atoms with Crippen molar-refractivity contribution in [2.45, 2.75) is 103 Å². The summed E-state index contributed by atoms with van der Waals surface area (Å²) in [5.41, 5.74) is 0.0516. The van der Waals surface area contributed by atoms with E-state index >= 15 is 0 Å². The van der Waals surface area contributed by atoms with Crippen LogP contribution in [0, 0.1) is 5.92 Å². The number of rotatable bonds is 12. The molecule has 0 saturated carbocycles. The Kier molecular flexibility index (Phi) is 11.9. The van der Waals surface area contributed by atoms with Gasteiger partial charge in [-0.3, -0.25) is 0 Å². The SMILES string of the molecule is CCCCCC(C)NC(C)(C)BCC(S)NC(=O)NC(C)C(C)C. The Morgan fingerprint density at radius 3 is 2.29 bits per heavy atom. The Labute approximate surface area is 156 Å². The molecule has 0 aliphatic carbocycles. The summed E-state index contributed by atoms with van der Waals surface area (Å²) in [6.45, 7) is 15.2. The molecule has 142 valence electrons. The summed E-state index contributed by atoms with van der Waals surface area (Å²) in [6, 6.07) is 0.551. The van der Waals surface area contributed by atoms with Crippen molar-refractivity contribution in [1.82, 2.24) is 16.0 Å². The van der Waals surface area contributed by atoms with Crippen LogP contribution in [0.5, 0.6) is 0 Å². The number of hydrogen-bond acceptors (Lipinski definition) is 3. The molecular weight excluding hydrogens is 317 g/mol. The molecule has 0 spiro atoms. The second-order valence-electron chi connectivity index (χ2n) is 8.13. The van der Waals surface area contributed by atoms with Crippen LogP contribution < -0.4 is 16.0 Å². The number of unbranched alkanes of at least 4 members (excludes halogenated alkanes) is 2. The predicted octanol–water partition coefficient (Wildman–Crippen LogP) is 3.74. The second kappa shape index (κ2) is 12.1. The minimum atomic E-state index is -0.130. The number of hydrogen-bond donors (Lipinski definition) is 4. The highest BCUT2D eigenvalue weighted by Gasteiger charge is 2.23. The fourth-order valence-corrected chi connectivity index (χ4v) is 2.89. The van der Waals surface area contributed by atoms with Crippen LogP contribution in [0.2, 0.25) is 6.32 Å². The molecule has 0 rings (SSSR count). The van der Waals surface area contributed by atoms with E-state index in [-0.39, 0.29) is 22.9 Å². The van der Waals surface area contributed by atoms with E-state index in [1.807, 2.05) is 6.92 Å². The molecule has 3 atom stereocenters. The zero-order valence-corrected chi connectivity index (χ0v) is 17.8.